The molecule has 0 radical (unpaired) electrons. The van der Waals surface area contributed by atoms with Crippen molar-refractivity contribution in [3.05, 3.63) is 28.2 Å². The topological polar surface area (TPSA) is 72.8 Å². The minimum atomic E-state index is 0.497. The summed E-state index contributed by atoms with van der Waals surface area (Å²) in [6, 6.07) is 6.15. The van der Waals surface area contributed by atoms with Crippen LogP contribution in [0.25, 0.3) is 0 Å². The van der Waals surface area contributed by atoms with Crippen molar-refractivity contribution in [2.45, 2.75) is 38.5 Å². The van der Waals surface area contributed by atoms with E-state index in [1.54, 1.807) is 6.21 Å². The third-order valence-electron chi connectivity index (χ3n) is 5.72. The van der Waals surface area contributed by atoms with Gasteiger partial charge in [-0.15, -0.1) is 0 Å². The quantitative estimate of drug-likeness (QED) is 0.485. The summed E-state index contributed by atoms with van der Waals surface area (Å²) >= 11 is 3.62. The fraction of sp³-hybridized carbons (Fsp3) is 0.545. The third kappa shape index (κ3) is 5.64. The van der Waals surface area contributed by atoms with Crippen LogP contribution in [0.4, 0.5) is 23.5 Å². The van der Waals surface area contributed by atoms with E-state index >= 15 is 0 Å². The number of hydrogen-bond donors (Lipinski definition) is 1. The van der Waals surface area contributed by atoms with E-state index in [0.717, 1.165) is 53.8 Å². The standard InChI is InChI=1S/C22H31BrN8/c1-29(2)19-10-9-17(15-18(19)23)16-24-28-20-25-21(30-11-5-3-6-12-30)27-22(26-20)31-13-7-4-8-14-31/h9-10,15-16H,3-8,11-14H2,1-2H3,(H,25,26,27,28)/b24-16+. The Labute approximate surface area is 192 Å². The zero-order valence-corrected chi connectivity index (χ0v) is 20.0. The molecule has 9 heteroatoms. The van der Waals surface area contributed by atoms with Crippen LogP contribution in [0.5, 0.6) is 0 Å². The minimum absolute atomic E-state index is 0.497. The Kier molecular flexibility index (Phi) is 7.21. The highest BCUT2D eigenvalue weighted by Crippen LogP contribution is 2.25. The van der Waals surface area contributed by atoms with Gasteiger partial charge in [0.15, 0.2) is 0 Å². The molecule has 0 saturated carbocycles. The van der Waals surface area contributed by atoms with Crippen molar-refractivity contribution in [2.75, 3.05) is 60.4 Å². The Morgan fingerprint density at radius 2 is 1.48 bits per heavy atom. The Hall–Kier alpha value is -2.42. The molecule has 2 fully saturated rings. The van der Waals surface area contributed by atoms with Crippen LogP contribution in [0.3, 0.4) is 0 Å². The van der Waals surface area contributed by atoms with Gasteiger partial charge in [0.1, 0.15) is 0 Å². The van der Waals surface area contributed by atoms with Gasteiger partial charge < -0.3 is 14.7 Å². The molecule has 2 saturated heterocycles. The molecule has 0 atom stereocenters. The number of nitrogens with one attached hydrogen (secondary N) is 1. The predicted octanol–water partition coefficient (Wildman–Crippen LogP) is 4.13. The van der Waals surface area contributed by atoms with Gasteiger partial charge in [0.25, 0.3) is 0 Å². The zero-order chi connectivity index (χ0) is 21.6. The fourth-order valence-electron chi connectivity index (χ4n) is 4.01. The monoisotopic (exact) mass is 486 g/mol. The van der Waals surface area contributed by atoms with E-state index in [2.05, 4.69) is 57.2 Å². The second kappa shape index (κ2) is 10.3. The van der Waals surface area contributed by atoms with Crippen LogP contribution in [0.15, 0.2) is 27.8 Å². The third-order valence-corrected chi connectivity index (χ3v) is 6.36. The van der Waals surface area contributed by atoms with Crippen molar-refractivity contribution in [2.24, 2.45) is 5.10 Å². The number of hydrazone groups is 1. The summed E-state index contributed by atoms with van der Waals surface area (Å²) in [5.41, 5.74) is 5.15. The molecule has 0 bridgehead atoms. The molecule has 0 unspecified atom stereocenters. The molecule has 1 aromatic heterocycles. The van der Waals surface area contributed by atoms with E-state index in [1.165, 1.54) is 38.5 Å². The Bertz CT molecular complexity index is 868. The second-order valence-corrected chi connectivity index (χ2v) is 9.18. The molecule has 4 rings (SSSR count). The van der Waals surface area contributed by atoms with Crippen LogP contribution in [0, 0.1) is 0 Å². The van der Waals surface area contributed by atoms with Gasteiger partial charge in [-0.1, -0.05) is 6.07 Å². The summed E-state index contributed by atoms with van der Waals surface area (Å²) < 4.78 is 1.03. The molecule has 0 aliphatic carbocycles. The molecular formula is C22H31BrN8. The SMILES string of the molecule is CN(C)c1ccc(/C=N/Nc2nc(N3CCCCC3)nc(N3CCCCC3)n2)cc1Br. The van der Waals surface area contributed by atoms with Crippen LogP contribution in [0.2, 0.25) is 0 Å². The Morgan fingerprint density at radius 1 is 0.903 bits per heavy atom. The molecule has 1 N–H and O–H groups in total. The Morgan fingerprint density at radius 3 is 2.00 bits per heavy atom. The molecule has 2 aromatic rings. The highest BCUT2D eigenvalue weighted by Gasteiger charge is 2.20. The lowest BCUT2D eigenvalue weighted by Gasteiger charge is -2.30. The fourth-order valence-corrected chi connectivity index (χ4v) is 4.76. The van der Waals surface area contributed by atoms with Gasteiger partial charge >= 0.3 is 0 Å². The summed E-state index contributed by atoms with van der Waals surface area (Å²) in [6.07, 6.45) is 9.07. The first-order chi connectivity index (χ1) is 15.1. The zero-order valence-electron chi connectivity index (χ0n) is 18.4. The molecule has 3 heterocycles. The number of benzene rings is 1. The first-order valence-electron chi connectivity index (χ1n) is 11.1. The molecule has 8 nitrogen and oxygen atoms in total. The average molecular weight is 487 g/mol. The second-order valence-electron chi connectivity index (χ2n) is 8.33. The first kappa shape index (κ1) is 21.8. The highest BCUT2D eigenvalue weighted by molar-refractivity contribution is 9.10. The lowest BCUT2D eigenvalue weighted by molar-refractivity contribution is 0.556. The maximum Gasteiger partial charge on any atom is 0.250 e. The number of hydrogen-bond acceptors (Lipinski definition) is 8. The van der Waals surface area contributed by atoms with Crippen LogP contribution < -0.4 is 20.1 Å². The van der Waals surface area contributed by atoms with Gasteiger partial charge in [0, 0.05) is 44.7 Å². The summed E-state index contributed by atoms with van der Waals surface area (Å²) in [5.74, 6) is 2.01. The average Bonchev–Trinajstić information content (AvgIpc) is 2.80. The van der Waals surface area contributed by atoms with Gasteiger partial charge in [-0.25, -0.2) is 5.43 Å². The maximum absolute atomic E-state index is 4.81. The lowest BCUT2D eigenvalue weighted by atomic mass is 10.1. The van der Waals surface area contributed by atoms with E-state index in [0.29, 0.717) is 5.95 Å². The Balaban J connectivity index is 1.53. The number of nitrogens with zero attached hydrogens (tertiary/aromatic N) is 7. The molecule has 0 amide bonds. The normalized spacial score (nSPS) is 17.3. The van der Waals surface area contributed by atoms with Crippen LogP contribution in [-0.2, 0) is 0 Å². The molecule has 166 valence electrons. The number of anilines is 4. The van der Waals surface area contributed by atoms with Gasteiger partial charge in [0.05, 0.1) is 11.9 Å². The van der Waals surface area contributed by atoms with E-state index in [1.807, 2.05) is 26.2 Å². The van der Waals surface area contributed by atoms with Gasteiger partial charge in [-0.3, -0.25) is 0 Å². The number of rotatable bonds is 6. The molecule has 2 aliphatic rings. The number of piperidine rings is 2. The van der Waals surface area contributed by atoms with Crippen molar-refractivity contribution in [1.29, 1.82) is 0 Å². The van der Waals surface area contributed by atoms with Gasteiger partial charge in [0.2, 0.25) is 17.8 Å². The molecule has 2 aliphatic heterocycles. The summed E-state index contributed by atoms with van der Waals surface area (Å²) in [7, 11) is 4.05. The van der Waals surface area contributed by atoms with Crippen molar-refractivity contribution in [3.8, 4) is 0 Å². The van der Waals surface area contributed by atoms with Gasteiger partial charge in [-0.2, -0.15) is 20.1 Å². The van der Waals surface area contributed by atoms with Crippen molar-refractivity contribution >= 4 is 45.7 Å². The maximum atomic E-state index is 4.81. The van der Waals surface area contributed by atoms with Crippen molar-refractivity contribution < 1.29 is 0 Å². The van der Waals surface area contributed by atoms with Crippen LogP contribution in [0.1, 0.15) is 44.1 Å². The first-order valence-corrected chi connectivity index (χ1v) is 11.9. The van der Waals surface area contributed by atoms with E-state index < -0.39 is 0 Å². The summed E-state index contributed by atoms with van der Waals surface area (Å²) in [4.78, 5) is 20.8. The smallest absolute Gasteiger partial charge is 0.250 e. The van der Waals surface area contributed by atoms with Crippen molar-refractivity contribution in [3.63, 3.8) is 0 Å². The highest BCUT2D eigenvalue weighted by atomic mass is 79.9. The van der Waals surface area contributed by atoms with E-state index in [4.69, 9.17) is 4.98 Å². The van der Waals surface area contributed by atoms with E-state index in [-0.39, 0.29) is 0 Å². The molecule has 31 heavy (non-hydrogen) atoms. The predicted molar refractivity (Wildman–Crippen MR) is 132 cm³/mol. The van der Waals surface area contributed by atoms with Gasteiger partial charge in [-0.05, 0) is 72.2 Å². The lowest BCUT2D eigenvalue weighted by Crippen LogP contribution is -2.34. The molecule has 1 aromatic carbocycles. The van der Waals surface area contributed by atoms with Crippen LogP contribution in [-0.4, -0.2) is 61.4 Å². The number of halogens is 1. The van der Waals surface area contributed by atoms with E-state index in [9.17, 15) is 0 Å². The molecular weight excluding hydrogens is 456 g/mol. The molecule has 0 spiro atoms. The number of aromatic nitrogens is 3. The summed E-state index contributed by atoms with van der Waals surface area (Å²) in [5, 5.41) is 4.40. The minimum Gasteiger partial charge on any atom is -0.377 e. The largest absolute Gasteiger partial charge is 0.377 e. The van der Waals surface area contributed by atoms with Crippen molar-refractivity contribution in [1.82, 2.24) is 15.0 Å². The summed E-state index contributed by atoms with van der Waals surface area (Å²) in [6.45, 7) is 3.99. The van der Waals surface area contributed by atoms with Crippen LogP contribution >= 0.6 is 15.9 Å².